The fourth-order valence-corrected chi connectivity index (χ4v) is 2.96. The van der Waals surface area contributed by atoms with Crippen LogP contribution >= 0.6 is 23.4 Å². The predicted molar refractivity (Wildman–Crippen MR) is 93.8 cm³/mol. The molecule has 0 aliphatic carbocycles. The Hall–Kier alpha value is -1.98. The van der Waals surface area contributed by atoms with Crippen LogP contribution in [-0.4, -0.2) is 27.1 Å². The summed E-state index contributed by atoms with van der Waals surface area (Å²) in [5.74, 6) is 1.66. The molecule has 0 radical (unpaired) electrons. The first-order valence-corrected chi connectivity index (χ1v) is 8.57. The largest absolute Gasteiger partial charge is 0.493 e. The van der Waals surface area contributed by atoms with Crippen LogP contribution in [0.4, 0.5) is 0 Å². The molecule has 1 aromatic heterocycles. The van der Waals surface area contributed by atoms with E-state index >= 15 is 0 Å². The number of halogens is 1. The van der Waals surface area contributed by atoms with Crippen molar-refractivity contribution in [2.75, 3.05) is 12.4 Å². The maximum Gasteiger partial charge on any atom is 0.195 e. The fourth-order valence-electron chi connectivity index (χ4n) is 2.04. The molecule has 23 heavy (non-hydrogen) atoms. The minimum Gasteiger partial charge on any atom is -0.493 e. The molecule has 0 atom stereocenters. The number of aryl methyl sites for hydroxylation is 1. The van der Waals surface area contributed by atoms with Crippen molar-refractivity contribution in [1.82, 2.24) is 14.8 Å². The molecule has 3 aromatic rings. The lowest BCUT2D eigenvalue weighted by molar-refractivity contribution is 0.344. The fraction of sp³-hybridized carbons (Fsp3) is 0.176. The van der Waals surface area contributed by atoms with Crippen LogP contribution in [-0.2, 0) is 0 Å². The average Bonchev–Trinajstić information content (AvgIpc) is 3.04. The first-order valence-electron chi connectivity index (χ1n) is 7.21. The number of aromatic nitrogens is 3. The van der Waals surface area contributed by atoms with E-state index in [-0.39, 0.29) is 0 Å². The zero-order chi connectivity index (χ0) is 16.1. The molecule has 118 valence electrons. The van der Waals surface area contributed by atoms with Gasteiger partial charge >= 0.3 is 0 Å². The van der Waals surface area contributed by atoms with Gasteiger partial charge in [-0.05, 0) is 36.8 Å². The second-order valence-electron chi connectivity index (χ2n) is 4.93. The molecule has 0 saturated heterocycles. The van der Waals surface area contributed by atoms with Gasteiger partial charge < -0.3 is 4.74 Å². The van der Waals surface area contributed by atoms with Crippen molar-refractivity contribution >= 4 is 23.4 Å². The Morgan fingerprint density at radius 3 is 2.78 bits per heavy atom. The van der Waals surface area contributed by atoms with E-state index in [9.17, 15) is 0 Å². The summed E-state index contributed by atoms with van der Waals surface area (Å²) in [6.07, 6.45) is 1.70. The van der Waals surface area contributed by atoms with Crippen molar-refractivity contribution in [2.24, 2.45) is 0 Å². The second-order valence-corrected chi connectivity index (χ2v) is 6.40. The number of thioether (sulfide) groups is 1. The van der Waals surface area contributed by atoms with Gasteiger partial charge in [-0.15, -0.1) is 10.2 Å². The summed E-state index contributed by atoms with van der Waals surface area (Å²) in [5.41, 5.74) is 2.01. The van der Waals surface area contributed by atoms with Crippen LogP contribution in [0.3, 0.4) is 0 Å². The van der Waals surface area contributed by atoms with Crippen molar-refractivity contribution in [3.8, 4) is 11.4 Å². The maximum atomic E-state index is 6.20. The second kappa shape index (κ2) is 7.53. The summed E-state index contributed by atoms with van der Waals surface area (Å²) in [6, 6.07) is 15.7. The third kappa shape index (κ3) is 4.06. The number of hydrogen-bond acceptors (Lipinski definition) is 4. The van der Waals surface area contributed by atoms with Gasteiger partial charge in [0, 0.05) is 10.8 Å². The summed E-state index contributed by atoms with van der Waals surface area (Å²) >= 11 is 7.80. The molecule has 0 aliphatic rings. The summed E-state index contributed by atoms with van der Waals surface area (Å²) in [5, 5.41) is 9.72. The van der Waals surface area contributed by atoms with Gasteiger partial charge in [0.1, 0.15) is 12.1 Å². The van der Waals surface area contributed by atoms with E-state index in [1.807, 2.05) is 60.0 Å². The highest BCUT2D eigenvalue weighted by Crippen LogP contribution is 2.23. The van der Waals surface area contributed by atoms with Gasteiger partial charge in [0.05, 0.1) is 12.3 Å². The minimum atomic E-state index is 0.607. The third-order valence-electron chi connectivity index (χ3n) is 3.28. The highest BCUT2D eigenvalue weighted by molar-refractivity contribution is 7.99. The van der Waals surface area contributed by atoms with Crippen LogP contribution < -0.4 is 4.74 Å². The van der Waals surface area contributed by atoms with Crippen molar-refractivity contribution in [2.45, 2.75) is 12.1 Å². The maximum absolute atomic E-state index is 6.20. The summed E-state index contributed by atoms with van der Waals surface area (Å²) in [4.78, 5) is 0. The van der Waals surface area contributed by atoms with E-state index in [1.165, 1.54) is 0 Å². The topological polar surface area (TPSA) is 39.9 Å². The van der Waals surface area contributed by atoms with E-state index < -0.39 is 0 Å². The Morgan fingerprint density at radius 2 is 2.00 bits per heavy atom. The quantitative estimate of drug-likeness (QED) is 0.490. The lowest BCUT2D eigenvalue weighted by Gasteiger charge is -2.08. The predicted octanol–water partition coefficient (Wildman–Crippen LogP) is 4.40. The minimum absolute atomic E-state index is 0.607. The zero-order valence-corrected chi connectivity index (χ0v) is 14.2. The van der Waals surface area contributed by atoms with Gasteiger partial charge in [0.15, 0.2) is 5.16 Å². The van der Waals surface area contributed by atoms with Gasteiger partial charge in [-0.1, -0.05) is 47.6 Å². The molecule has 6 heteroatoms. The Labute approximate surface area is 144 Å². The summed E-state index contributed by atoms with van der Waals surface area (Å²) in [7, 11) is 0. The molecule has 0 spiro atoms. The molecule has 3 rings (SSSR count). The summed E-state index contributed by atoms with van der Waals surface area (Å²) < 4.78 is 7.61. The number of benzene rings is 2. The highest BCUT2D eigenvalue weighted by Gasteiger charge is 2.08. The summed E-state index contributed by atoms with van der Waals surface area (Å²) in [6.45, 7) is 2.59. The molecule has 0 fully saturated rings. The van der Waals surface area contributed by atoms with E-state index in [2.05, 4.69) is 10.2 Å². The lowest BCUT2D eigenvalue weighted by Crippen LogP contribution is -2.02. The smallest absolute Gasteiger partial charge is 0.195 e. The van der Waals surface area contributed by atoms with Crippen molar-refractivity contribution < 1.29 is 4.74 Å². The Morgan fingerprint density at radius 1 is 1.17 bits per heavy atom. The number of rotatable bonds is 6. The number of para-hydroxylation sites is 1. The molecule has 4 nitrogen and oxygen atoms in total. The van der Waals surface area contributed by atoms with Gasteiger partial charge in [-0.3, -0.25) is 4.57 Å². The average molecular weight is 346 g/mol. The van der Waals surface area contributed by atoms with Gasteiger partial charge in [-0.2, -0.15) is 0 Å². The highest BCUT2D eigenvalue weighted by atomic mass is 35.5. The van der Waals surface area contributed by atoms with Crippen LogP contribution in [0.2, 0.25) is 5.02 Å². The third-order valence-corrected chi connectivity index (χ3v) is 4.59. The van der Waals surface area contributed by atoms with Gasteiger partial charge in [-0.25, -0.2) is 0 Å². The Bertz CT molecular complexity index is 777. The van der Waals surface area contributed by atoms with Crippen molar-refractivity contribution in [3.05, 3.63) is 65.4 Å². The molecule has 2 aromatic carbocycles. The number of nitrogens with zero attached hydrogens (tertiary/aromatic N) is 3. The normalized spacial score (nSPS) is 10.7. The van der Waals surface area contributed by atoms with Crippen molar-refractivity contribution in [3.63, 3.8) is 0 Å². The van der Waals surface area contributed by atoms with E-state index in [1.54, 1.807) is 18.1 Å². The molecule has 0 aliphatic heterocycles. The number of ether oxygens (including phenoxy) is 1. The molecule has 0 amide bonds. The van der Waals surface area contributed by atoms with Crippen LogP contribution in [0.25, 0.3) is 5.69 Å². The SMILES string of the molecule is Cc1ccc(-n2cnnc2SCCOc2ccccc2)cc1Cl. The van der Waals surface area contributed by atoms with Crippen molar-refractivity contribution in [1.29, 1.82) is 0 Å². The molecule has 0 bridgehead atoms. The molecule has 0 N–H and O–H groups in total. The Kier molecular flexibility index (Phi) is 5.20. The molecule has 1 heterocycles. The van der Waals surface area contributed by atoms with Crippen LogP contribution in [0.15, 0.2) is 60.0 Å². The van der Waals surface area contributed by atoms with Crippen LogP contribution in [0.1, 0.15) is 5.56 Å². The first-order chi connectivity index (χ1) is 11.2. The Balaban J connectivity index is 1.61. The van der Waals surface area contributed by atoms with Gasteiger partial charge in [0.2, 0.25) is 0 Å². The molecule has 0 unspecified atom stereocenters. The van der Waals surface area contributed by atoms with E-state index in [0.29, 0.717) is 6.61 Å². The van der Waals surface area contributed by atoms with Crippen LogP contribution in [0, 0.1) is 6.92 Å². The zero-order valence-electron chi connectivity index (χ0n) is 12.6. The van der Waals surface area contributed by atoms with E-state index in [0.717, 1.165) is 32.9 Å². The molecular weight excluding hydrogens is 330 g/mol. The monoisotopic (exact) mass is 345 g/mol. The standard InChI is InChI=1S/C17H16ClN3OS/c1-13-7-8-14(11-16(13)18)21-12-19-20-17(21)23-10-9-22-15-5-3-2-4-6-15/h2-8,11-12H,9-10H2,1H3. The van der Waals surface area contributed by atoms with Gasteiger partial charge in [0.25, 0.3) is 0 Å². The number of hydrogen-bond donors (Lipinski definition) is 0. The lowest BCUT2D eigenvalue weighted by atomic mass is 10.2. The van der Waals surface area contributed by atoms with E-state index in [4.69, 9.17) is 16.3 Å². The van der Waals surface area contributed by atoms with Crippen LogP contribution in [0.5, 0.6) is 5.75 Å². The molecular formula is C17H16ClN3OS. The first kappa shape index (κ1) is 15.9. The molecule has 0 saturated carbocycles.